The Kier molecular flexibility index (Phi) is 3.86. The molecular weight excluding hydrogens is 390 g/mol. The normalized spacial score (nSPS) is 20.4. The molecular formula is C22H19NO5S. The van der Waals surface area contributed by atoms with Crippen LogP contribution >= 0.6 is 13.5 Å². The van der Waals surface area contributed by atoms with Gasteiger partial charge in [-0.15, -0.1) is 0 Å². The van der Waals surface area contributed by atoms with Gasteiger partial charge in [-0.05, 0) is 36.8 Å². The number of amides is 1. The lowest BCUT2D eigenvalue weighted by atomic mass is 9.77. The van der Waals surface area contributed by atoms with Crippen LogP contribution in [0.4, 0.5) is 5.69 Å². The Morgan fingerprint density at radius 1 is 0.966 bits per heavy atom. The van der Waals surface area contributed by atoms with E-state index >= 15 is 0 Å². The Bertz CT molecular complexity index is 1140. The zero-order chi connectivity index (χ0) is 18.9. The standard InChI is InChI=1S/C22H17NO5.H2S/c1-13-6-7-14(28-13)10-23-17-5-3-2-4-15(17)22(21(23)24)11-25-18-9-20-19(8-16(18)22)26-12-27-20;/h2-9H,10-12H2,1H3;1H2/t22-;/m0./s1. The topological polar surface area (TPSA) is 61.1 Å². The summed E-state index contributed by atoms with van der Waals surface area (Å²) in [5.41, 5.74) is 1.78. The van der Waals surface area contributed by atoms with E-state index < -0.39 is 5.41 Å². The molecule has 1 aromatic heterocycles. The second-order valence-corrected chi connectivity index (χ2v) is 7.32. The maximum atomic E-state index is 13.8. The van der Waals surface area contributed by atoms with Crippen molar-refractivity contribution in [3.05, 3.63) is 71.2 Å². The minimum atomic E-state index is -0.880. The third kappa shape index (κ3) is 2.34. The van der Waals surface area contributed by atoms with Gasteiger partial charge in [-0.2, -0.15) is 13.5 Å². The lowest BCUT2D eigenvalue weighted by molar-refractivity contribution is -0.122. The maximum absolute atomic E-state index is 13.8. The van der Waals surface area contributed by atoms with Crippen LogP contribution in [0, 0.1) is 6.92 Å². The average Bonchev–Trinajstić information content (AvgIpc) is 3.45. The van der Waals surface area contributed by atoms with Crippen molar-refractivity contribution in [2.24, 2.45) is 0 Å². The van der Waals surface area contributed by atoms with Gasteiger partial charge in [0, 0.05) is 17.3 Å². The first-order valence-corrected chi connectivity index (χ1v) is 9.20. The van der Waals surface area contributed by atoms with Crippen LogP contribution in [0.25, 0.3) is 0 Å². The highest BCUT2D eigenvalue weighted by molar-refractivity contribution is 7.59. The fourth-order valence-electron chi connectivity index (χ4n) is 4.45. The number of furan rings is 1. The fraction of sp³-hybridized carbons (Fsp3) is 0.227. The first kappa shape index (κ1) is 18.0. The van der Waals surface area contributed by atoms with Crippen molar-refractivity contribution in [2.75, 3.05) is 18.3 Å². The van der Waals surface area contributed by atoms with E-state index in [9.17, 15) is 4.79 Å². The van der Waals surface area contributed by atoms with Gasteiger partial charge in [-0.25, -0.2) is 0 Å². The van der Waals surface area contributed by atoms with E-state index in [2.05, 4.69) is 0 Å². The molecule has 1 spiro atoms. The van der Waals surface area contributed by atoms with E-state index in [0.717, 1.165) is 28.3 Å². The maximum Gasteiger partial charge on any atom is 0.246 e. The van der Waals surface area contributed by atoms with Gasteiger partial charge in [0.15, 0.2) is 11.5 Å². The lowest BCUT2D eigenvalue weighted by Gasteiger charge is -2.22. The van der Waals surface area contributed by atoms with Crippen molar-refractivity contribution >= 4 is 25.1 Å². The number of nitrogens with zero attached hydrogens (tertiary/aromatic N) is 1. The SMILES string of the molecule is Cc1ccc(CN2C(=O)[C@@]3(COc4cc5c(cc43)OCO5)c3ccccc32)o1.S. The first-order chi connectivity index (χ1) is 13.7. The second kappa shape index (κ2) is 6.22. The van der Waals surface area contributed by atoms with Crippen molar-refractivity contribution in [1.29, 1.82) is 0 Å². The second-order valence-electron chi connectivity index (χ2n) is 7.32. The highest BCUT2D eigenvalue weighted by Crippen LogP contribution is 2.55. The number of benzene rings is 2. The van der Waals surface area contributed by atoms with Gasteiger partial charge < -0.3 is 23.5 Å². The zero-order valence-electron chi connectivity index (χ0n) is 15.7. The molecule has 7 heteroatoms. The Labute approximate surface area is 174 Å². The van der Waals surface area contributed by atoms with Gasteiger partial charge in [0.25, 0.3) is 0 Å². The van der Waals surface area contributed by atoms with Gasteiger partial charge in [-0.3, -0.25) is 4.79 Å². The molecule has 0 unspecified atom stereocenters. The first-order valence-electron chi connectivity index (χ1n) is 9.20. The molecule has 0 saturated heterocycles. The molecule has 3 aliphatic heterocycles. The minimum absolute atomic E-state index is 0. The molecule has 148 valence electrons. The van der Waals surface area contributed by atoms with Crippen LogP contribution in [-0.2, 0) is 16.8 Å². The summed E-state index contributed by atoms with van der Waals surface area (Å²) in [6.07, 6.45) is 0. The Hall–Kier alpha value is -3.06. The number of para-hydroxylation sites is 1. The van der Waals surface area contributed by atoms with Crippen LogP contribution in [0.3, 0.4) is 0 Å². The number of carbonyl (C=O) groups is 1. The van der Waals surface area contributed by atoms with E-state index in [4.69, 9.17) is 18.6 Å². The lowest BCUT2D eigenvalue weighted by Crippen LogP contribution is -2.42. The summed E-state index contributed by atoms with van der Waals surface area (Å²) in [5.74, 6) is 3.53. The van der Waals surface area contributed by atoms with E-state index in [0.29, 0.717) is 23.8 Å². The number of ether oxygens (including phenoxy) is 3. The predicted molar refractivity (Wildman–Crippen MR) is 110 cm³/mol. The van der Waals surface area contributed by atoms with Crippen LogP contribution < -0.4 is 19.1 Å². The molecule has 0 bridgehead atoms. The molecule has 3 aromatic rings. The average molecular weight is 409 g/mol. The van der Waals surface area contributed by atoms with E-state index in [1.807, 2.05) is 55.5 Å². The number of fused-ring (bicyclic) bond motifs is 5. The van der Waals surface area contributed by atoms with Crippen molar-refractivity contribution < 1.29 is 23.4 Å². The summed E-state index contributed by atoms with van der Waals surface area (Å²) in [6.45, 7) is 2.72. The largest absolute Gasteiger partial charge is 0.491 e. The number of rotatable bonds is 2. The summed E-state index contributed by atoms with van der Waals surface area (Å²) in [6, 6.07) is 15.4. The van der Waals surface area contributed by atoms with E-state index in [-0.39, 0.29) is 32.8 Å². The summed E-state index contributed by atoms with van der Waals surface area (Å²) < 4.78 is 22.7. The van der Waals surface area contributed by atoms with Crippen LogP contribution in [0.2, 0.25) is 0 Å². The minimum Gasteiger partial charge on any atom is -0.491 e. The zero-order valence-corrected chi connectivity index (χ0v) is 16.7. The van der Waals surface area contributed by atoms with Crippen molar-refractivity contribution in [3.8, 4) is 17.2 Å². The van der Waals surface area contributed by atoms with Crippen molar-refractivity contribution in [2.45, 2.75) is 18.9 Å². The quantitative estimate of drug-likeness (QED) is 0.647. The Morgan fingerprint density at radius 2 is 1.76 bits per heavy atom. The van der Waals surface area contributed by atoms with Gasteiger partial charge in [0.1, 0.15) is 29.3 Å². The van der Waals surface area contributed by atoms with Crippen LogP contribution in [0.5, 0.6) is 17.2 Å². The molecule has 0 fully saturated rings. The third-order valence-electron chi connectivity index (χ3n) is 5.75. The summed E-state index contributed by atoms with van der Waals surface area (Å²) in [7, 11) is 0. The molecule has 3 aliphatic rings. The highest BCUT2D eigenvalue weighted by Gasteiger charge is 2.57. The fourth-order valence-corrected chi connectivity index (χ4v) is 4.45. The molecule has 4 heterocycles. The van der Waals surface area contributed by atoms with Crippen LogP contribution in [0.1, 0.15) is 22.6 Å². The summed E-state index contributed by atoms with van der Waals surface area (Å²) >= 11 is 0. The summed E-state index contributed by atoms with van der Waals surface area (Å²) in [5, 5.41) is 0. The van der Waals surface area contributed by atoms with E-state index in [1.165, 1.54) is 0 Å². The molecule has 1 amide bonds. The molecule has 0 N–H and O–H groups in total. The number of aryl methyl sites for hydroxylation is 1. The number of hydrogen-bond donors (Lipinski definition) is 0. The smallest absolute Gasteiger partial charge is 0.246 e. The van der Waals surface area contributed by atoms with Gasteiger partial charge in [-0.1, -0.05) is 18.2 Å². The molecule has 0 saturated carbocycles. The van der Waals surface area contributed by atoms with Crippen molar-refractivity contribution in [3.63, 3.8) is 0 Å². The number of carbonyl (C=O) groups excluding carboxylic acids is 1. The molecule has 6 nitrogen and oxygen atoms in total. The van der Waals surface area contributed by atoms with Gasteiger partial charge in [0.05, 0.1) is 6.54 Å². The Morgan fingerprint density at radius 3 is 2.55 bits per heavy atom. The molecule has 2 aromatic carbocycles. The highest BCUT2D eigenvalue weighted by atomic mass is 32.1. The molecule has 1 atom stereocenters. The van der Waals surface area contributed by atoms with Crippen molar-refractivity contribution in [1.82, 2.24) is 0 Å². The Balaban J connectivity index is 0.00000181. The molecule has 0 aliphatic carbocycles. The van der Waals surface area contributed by atoms with Crippen LogP contribution in [-0.4, -0.2) is 19.3 Å². The molecule has 6 rings (SSSR count). The molecule has 0 radical (unpaired) electrons. The van der Waals surface area contributed by atoms with Crippen LogP contribution in [0.15, 0.2) is 52.9 Å². The van der Waals surface area contributed by atoms with Gasteiger partial charge in [0.2, 0.25) is 12.7 Å². The third-order valence-corrected chi connectivity index (χ3v) is 5.75. The predicted octanol–water partition coefficient (Wildman–Crippen LogP) is 3.65. The summed E-state index contributed by atoms with van der Waals surface area (Å²) in [4.78, 5) is 15.6. The molecule has 29 heavy (non-hydrogen) atoms. The number of hydrogen-bond acceptors (Lipinski definition) is 5. The van der Waals surface area contributed by atoms with E-state index in [1.54, 1.807) is 4.90 Å². The van der Waals surface area contributed by atoms with Gasteiger partial charge >= 0.3 is 0 Å². The number of anilines is 1. The monoisotopic (exact) mass is 409 g/mol.